The number of hydrogen-bond donors (Lipinski definition) is 1. The number of halogens is 1. The molecule has 0 fully saturated rings. The van der Waals surface area contributed by atoms with E-state index in [0.717, 1.165) is 0 Å². The maximum absolute atomic E-state index is 11.8. The van der Waals surface area contributed by atoms with Crippen LogP contribution >= 0.6 is 11.6 Å². The molecule has 0 aliphatic rings. The monoisotopic (exact) mass is 309 g/mol. The van der Waals surface area contributed by atoms with Gasteiger partial charge in [-0.15, -0.1) is 5.10 Å². The second kappa shape index (κ2) is 5.69. The fourth-order valence-electron chi connectivity index (χ4n) is 1.59. The number of pyridine rings is 1. The molecule has 0 spiro atoms. The number of nitrogens with one attached hydrogen (secondary N) is 1. The van der Waals surface area contributed by atoms with Gasteiger partial charge in [-0.3, -0.25) is 0 Å². The SMILES string of the molecule is Cc1nnc(OC(=O)NC(C)(C)C)n1-c1ccc(Cl)cn1. The summed E-state index contributed by atoms with van der Waals surface area (Å²) in [5.74, 6) is 1.06. The Bertz CT molecular complexity index is 646. The second-order valence-corrected chi connectivity index (χ2v) is 5.90. The highest BCUT2D eigenvalue weighted by Gasteiger charge is 2.20. The summed E-state index contributed by atoms with van der Waals surface area (Å²) in [4.78, 5) is 16.0. The molecule has 112 valence electrons. The fraction of sp³-hybridized carbons (Fsp3) is 0.385. The number of rotatable bonds is 2. The number of ether oxygens (including phenoxy) is 1. The maximum atomic E-state index is 11.8. The molecule has 0 radical (unpaired) electrons. The molecule has 0 saturated heterocycles. The van der Waals surface area contributed by atoms with E-state index in [-0.39, 0.29) is 6.01 Å². The number of amides is 1. The molecule has 0 saturated carbocycles. The quantitative estimate of drug-likeness (QED) is 0.921. The Morgan fingerprint density at radius 3 is 2.62 bits per heavy atom. The molecule has 21 heavy (non-hydrogen) atoms. The molecule has 2 aromatic heterocycles. The van der Waals surface area contributed by atoms with Crippen molar-refractivity contribution in [3.8, 4) is 11.8 Å². The Kier molecular flexibility index (Phi) is 4.13. The van der Waals surface area contributed by atoms with E-state index in [4.69, 9.17) is 16.3 Å². The first-order valence-corrected chi connectivity index (χ1v) is 6.68. The van der Waals surface area contributed by atoms with Crippen molar-refractivity contribution < 1.29 is 9.53 Å². The third-order valence-corrected chi connectivity index (χ3v) is 2.62. The Labute approximate surface area is 127 Å². The van der Waals surface area contributed by atoms with Gasteiger partial charge in [-0.2, -0.15) is 0 Å². The number of carbonyl (C=O) groups is 1. The standard InChI is InChI=1S/C13H16ClN5O2/c1-8-17-18-11(21-12(20)16-13(2,3)4)19(8)10-6-5-9(14)7-15-10/h5-7H,1-4H3,(H,16,20). The van der Waals surface area contributed by atoms with Gasteiger partial charge in [0, 0.05) is 11.7 Å². The van der Waals surface area contributed by atoms with Crippen molar-refractivity contribution in [3.63, 3.8) is 0 Å². The summed E-state index contributed by atoms with van der Waals surface area (Å²) in [6.07, 6.45) is 0.889. The van der Waals surface area contributed by atoms with Crippen LogP contribution < -0.4 is 10.1 Å². The molecule has 2 aromatic rings. The van der Waals surface area contributed by atoms with Crippen LogP contribution in [0.25, 0.3) is 5.82 Å². The zero-order chi connectivity index (χ0) is 15.6. The molecule has 0 bridgehead atoms. The minimum absolute atomic E-state index is 0.0454. The highest BCUT2D eigenvalue weighted by atomic mass is 35.5. The molecule has 0 unspecified atom stereocenters. The van der Waals surface area contributed by atoms with Gasteiger partial charge in [-0.05, 0) is 39.8 Å². The molecule has 0 aliphatic carbocycles. The summed E-state index contributed by atoms with van der Waals surface area (Å²) in [5.41, 5.74) is -0.407. The van der Waals surface area contributed by atoms with Crippen LogP contribution in [0.4, 0.5) is 4.79 Å². The number of hydrogen-bond acceptors (Lipinski definition) is 5. The zero-order valence-corrected chi connectivity index (χ0v) is 13.0. The molecule has 0 atom stereocenters. The van der Waals surface area contributed by atoms with Crippen molar-refractivity contribution in [1.82, 2.24) is 25.1 Å². The molecule has 0 aliphatic heterocycles. The van der Waals surface area contributed by atoms with Crippen LogP contribution in [0.3, 0.4) is 0 Å². The van der Waals surface area contributed by atoms with Gasteiger partial charge >= 0.3 is 12.1 Å². The number of aryl methyl sites for hydroxylation is 1. The predicted molar refractivity (Wildman–Crippen MR) is 77.8 cm³/mol. The zero-order valence-electron chi connectivity index (χ0n) is 12.2. The molecule has 2 rings (SSSR count). The molecule has 2 heterocycles. The van der Waals surface area contributed by atoms with Gasteiger partial charge in [0.2, 0.25) is 0 Å². The van der Waals surface area contributed by atoms with E-state index in [9.17, 15) is 4.79 Å². The van der Waals surface area contributed by atoms with E-state index >= 15 is 0 Å². The van der Waals surface area contributed by atoms with E-state index in [1.807, 2.05) is 20.8 Å². The van der Waals surface area contributed by atoms with Gasteiger partial charge in [0.1, 0.15) is 11.6 Å². The van der Waals surface area contributed by atoms with E-state index < -0.39 is 11.6 Å². The Hall–Kier alpha value is -2.15. The van der Waals surface area contributed by atoms with E-state index in [0.29, 0.717) is 16.7 Å². The highest BCUT2D eigenvalue weighted by Crippen LogP contribution is 2.18. The first kappa shape index (κ1) is 15.2. The van der Waals surface area contributed by atoms with E-state index in [2.05, 4.69) is 20.5 Å². The van der Waals surface area contributed by atoms with Gasteiger partial charge in [0.25, 0.3) is 0 Å². The average Bonchev–Trinajstić information content (AvgIpc) is 2.69. The lowest BCUT2D eigenvalue weighted by Gasteiger charge is -2.19. The van der Waals surface area contributed by atoms with Crippen LogP contribution in [-0.4, -0.2) is 31.4 Å². The van der Waals surface area contributed by atoms with Crippen LogP contribution in [0.15, 0.2) is 18.3 Å². The third kappa shape index (κ3) is 3.91. The van der Waals surface area contributed by atoms with Crippen molar-refractivity contribution in [1.29, 1.82) is 0 Å². The Balaban J connectivity index is 2.26. The minimum atomic E-state index is -0.606. The number of nitrogens with zero attached hydrogens (tertiary/aromatic N) is 4. The summed E-state index contributed by atoms with van der Waals surface area (Å²) >= 11 is 5.81. The van der Waals surface area contributed by atoms with Crippen molar-refractivity contribution in [3.05, 3.63) is 29.2 Å². The molecule has 0 aromatic carbocycles. The van der Waals surface area contributed by atoms with E-state index in [1.54, 1.807) is 19.1 Å². The summed E-state index contributed by atoms with van der Waals surface area (Å²) in [7, 11) is 0. The maximum Gasteiger partial charge on any atom is 0.415 e. The van der Waals surface area contributed by atoms with Gasteiger partial charge in [-0.1, -0.05) is 16.7 Å². The van der Waals surface area contributed by atoms with Crippen LogP contribution in [0.1, 0.15) is 26.6 Å². The van der Waals surface area contributed by atoms with Crippen molar-refractivity contribution in [2.24, 2.45) is 0 Å². The highest BCUT2D eigenvalue weighted by molar-refractivity contribution is 6.30. The van der Waals surface area contributed by atoms with Crippen molar-refractivity contribution >= 4 is 17.7 Å². The Morgan fingerprint density at radius 2 is 2.05 bits per heavy atom. The summed E-state index contributed by atoms with van der Waals surface area (Å²) in [6, 6.07) is 3.42. The smallest absolute Gasteiger partial charge is 0.374 e. The first-order chi connectivity index (χ1) is 9.76. The van der Waals surface area contributed by atoms with Crippen molar-refractivity contribution in [2.45, 2.75) is 33.2 Å². The largest absolute Gasteiger partial charge is 0.415 e. The Morgan fingerprint density at radius 1 is 1.33 bits per heavy atom. The summed E-state index contributed by atoms with van der Waals surface area (Å²) in [6.45, 7) is 7.29. The summed E-state index contributed by atoms with van der Waals surface area (Å²) in [5, 5.41) is 10.9. The fourth-order valence-corrected chi connectivity index (χ4v) is 1.70. The minimum Gasteiger partial charge on any atom is -0.374 e. The number of carbonyl (C=O) groups excluding carboxylic acids is 1. The molecule has 1 N–H and O–H groups in total. The molecular weight excluding hydrogens is 294 g/mol. The molecule has 8 heteroatoms. The molecule has 7 nitrogen and oxygen atoms in total. The van der Waals surface area contributed by atoms with Gasteiger partial charge in [0.05, 0.1) is 5.02 Å². The molecule has 1 amide bonds. The lowest BCUT2D eigenvalue weighted by Crippen LogP contribution is -2.42. The topological polar surface area (TPSA) is 81.9 Å². The van der Waals surface area contributed by atoms with Gasteiger partial charge in [0.15, 0.2) is 0 Å². The van der Waals surface area contributed by atoms with Crippen LogP contribution in [0.2, 0.25) is 5.02 Å². The van der Waals surface area contributed by atoms with Crippen molar-refractivity contribution in [2.75, 3.05) is 0 Å². The normalized spacial score (nSPS) is 11.3. The van der Waals surface area contributed by atoms with Gasteiger partial charge in [-0.25, -0.2) is 14.3 Å². The number of aromatic nitrogens is 4. The predicted octanol–water partition coefficient (Wildman–Crippen LogP) is 2.51. The third-order valence-electron chi connectivity index (χ3n) is 2.40. The lowest BCUT2D eigenvalue weighted by molar-refractivity contribution is 0.185. The molecular formula is C13H16ClN5O2. The second-order valence-electron chi connectivity index (χ2n) is 5.46. The first-order valence-electron chi connectivity index (χ1n) is 6.30. The average molecular weight is 310 g/mol. The van der Waals surface area contributed by atoms with Gasteiger partial charge < -0.3 is 10.1 Å². The van der Waals surface area contributed by atoms with Crippen LogP contribution in [-0.2, 0) is 0 Å². The van der Waals surface area contributed by atoms with Crippen LogP contribution in [0, 0.1) is 6.92 Å². The van der Waals surface area contributed by atoms with Crippen LogP contribution in [0.5, 0.6) is 6.01 Å². The summed E-state index contributed by atoms with van der Waals surface area (Å²) < 4.78 is 6.72. The van der Waals surface area contributed by atoms with E-state index in [1.165, 1.54) is 10.8 Å². The lowest BCUT2D eigenvalue weighted by atomic mass is 10.1.